The van der Waals surface area contributed by atoms with E-state index in [-0.39, 0.29) is 0 Å². The number of hydrogen-bond donors (Lipinski definition) is 0. The van der Waals surface area contributed by atoms with Crippen molar-refractivity contribution in [2.24, 2.45) is 0 Å². The molecule has 286 valence electrons. The van der Waals surface area contributed by atoms with E-state index in [0.717, 1.165) is 50.1 Å². The molecule has 0 aliphatic carbocycles. The van der Waals surface area contributed by atoms with Crippen molar-refractivity contribution in [3.63, 3.8) is 0 Å². The molecule has 2 heterocycles. The zero-order chi connectivity index (χ0) is 40.3. The van der Waals surface area contributed by atoms with Crippen molar-refractivity contribution >= 4 is 81.3 Å². The number of benzene rings is 10. The van der Waals surface area contributed by atoms with Crippen LogP contribution in [0, 0.1) is 0 Å². The Kier molecular flexibility index (Phi) is 8.39. The number of anilines is 3. The summed E-state index contributed by atoms with van der Waals surface area (Å²) < 4.78 is 9.05. The number of furan rings is 1. The number of hydrogen-bond acceptors (Lipinski definition) is 3. The van der Waals surface area contributed by atoms with Gasteiger partial charge in [-0.2, -0.15) is 0 Å². The van der Waals surface area contributed by atoms with Gasteiger partial charge in [-0.1, -0.05) is 170 Å². The Morgan fingerprint density at radius 3 is 1.69 bits per heavy atom. The molecule has 0 aliphatic rings. The molecular formula is C58H37NOS. The second-order valence-electron chi connectivity index (χ2n) is 15.6. The fraction of sp³-hybridized carbons (Fsp3) is 0. The van der Waals surface area contributed by atoms with E-state index in [4.69, 9.17) is 4.42 Å². The highest BCUT2D eigenvalue weighted by molar-refractivity contribution is 7.25. The molecule has 0 bridgehead atoms. The van der Waals surface area contributed by atoms with Crippen molar-refractivity contribution in [1.29, 1.82) is 0 Å². The van der Waals surface area contributed by atoms with Crippen LogP contribution in [0.5, 0.6) is 0 Å². The van der Waals surface area contributed by atoms with Crippen molar-refractivity contribution < 1.29 is 4.42 Å². The summed E-state index contributed by atoms with van der Waals surface area (Å²) in [5.41, 5.74) is 14.5. The Hall–Kier alpha value is -7.72. The normalized spacial score (nSPS) is 11.6. The molecule has 0 aliphatic heterocycles. The van der Waals surface area contributed by atoms with E-state index in [0.29, 0.717) is 0 Å². The Morgan fingerprint density at radius 1 is 0.344 bits per heavy atom. The van der Waals surface area contributed by atoms with Crippen LogP contribution >= 0.6 is 11.3 Å². The molecule has 61 heavy (non-hydrogen) atoms. The topological polar surface area (TPSA) is 16.4 Å². The Morgan fingerprint density at radius 2 is 0.885 bits per heavy atom. The van der Waals surface area contributed by atoms with Crippen LogP contribution in [0.3, 0.4) is 0 Å². The van der Waals surface area contributed by atoms with Crippen LogP contribution in [0.2, 0.25) is 0 Å². The van der Waals surface area contributed by atoms with E-state index in [1.165, 1.54) is 64.3 Å². The molecule has 0 fully saturated rings. The zero-order valence-corrected chi connectivity index (χ0v) is 33.9. The van der Waals surface area contributed by atoms with Gasteiger partial charge in [-0.05, 0) is 98.8 Å². The first-order chi connectivity index (χ1) is 30.2. The van der Waals surface area contributed by atoms with Crippen molar-refractivity contribution in [3.8, 4) is 44.5 Å². The van der Waals surface area contributed by atoms with Gasteiger partial charge in [-0.25, -0.2) is 0 Å². The molecule has 0 N–H and O–H groups in total. The van der Waals surface area contributed by atoms with Gasteiger partial charge in [-0.3, -0.25) is 0 Å². The molecule has 2 nitrogen and oxygen atoms in total. The molecule has 0 saturated heterocycles. The van der Waals surface area contributed by atoms with Crippen LogP contribution in [-0.4, -0.2) is 0 Å². The molecule has 0 spiro atoms. The maximum absolute atomic E-state index is 6.46. The van der Waals surface area contributed by atoms with Gasteiger partial charge in [0.05, 0.1) is 5.69 Å². The van der Waals surface area contributed by atoms with Crippen LogP contribution in [-0.2, 0) is 0 Å². The lowest BCUT2D eigenvalue weighted by atomic mass is 9.96. The predicted octanol–water partition coefficient (Wildman–Crippen LogP) is 17.2. The lowest BCUT2D eigenvalue weighted by Gasteiger charge is -2.28. The fourth-order valence-corrected chi connectivity index (χ4v) is 10.2. The van der Waals surface area contributed by atoms with Gasteiger partial charge < -0.3 is 9.32 Å². The van der Waals surface area contributed by atoms with Gasteiger partial charge >= 0.3 is 0 Å². The zero-order valence-electron chi connectivity index (χ0n) is 33.1. The minimum absolute atomic E-state index is 0.905. The van der Waals surface area contributed by atoms with Gasteiger partial charge in [0.25, 0.3) is 0 Å². The summed E-state index contributed by atoms with van der Waals surface area (Å²) in [4.78, 5) is 2.40. The van der Waals surface area contributed by atoms with E-state index in [2.05, 4.69) is 217 Å². The van der Waals surface area contributed by atoms with Crippen LogP contribution in [0.1, 0.15) is 0 Å². The van der Waals surface area contributed by atoms with Crippen LogP contribution < -0.4 is 4.90 Å². The summed E-state index contributed by atoms with van der Waals surface area (Å²) in [5, 5.41) is 7.37. The highest BCUT2D eigenvalue weighted by Crippen LogP contribution is 2.47. The summed E-state index contributed by atoms with van der Waals surface area (Å²) in [7, 11) is 0. The molecule has 0 atom stereocenters. The van der Waals surface area contributed by atoms with E-state index >= 15 is 0 Å². The Labute approximate surface area is 357 Å². The number of fused-ring (bicyclic) bond motifs is 7. The van der Waals surface area contributed by atoms with Crippen LogP contribution in [0.15, 0.2) is 229 Å². The summed E-state index contributed by atoms with van der Waals surface area (Å²) in [6.45, 7) is 0. The maximum atomic E-state index is 6.46. The highest BCUT2D eigenvalue weighted by Gasteiger charge is 2.21. The van der Waals surface area contributed by atoms with Gasteiger partial charge in [0.1, 0.15) is 11.2 Å². The van der Waals surface area contributed by atoms with Crippen LogP contribution in [0.25, 0.3) is 97.4 Å². The summed E-state index contributed by atoms with van der Waals surface area (Å²) in [5.74, 6) is 0. The summed E-state index contributed by atoms with van der Waals surface area (Å²) in [6, 6.07) is 81.2. The van der Waals surface area contributed by atoms with Gasteiger partial charge in [0.15, 0.2) is 0 Å². The molecular weight excluding hydrogens is 759 g/mol. The predicted molar refractivity (Wildman–Crippen MR) is 261 cm³/mol. The number of para-hydroxylation sites is 3. The summed E-state index contributed by atoms with van der Waals surface area (Å²) >= 11 is 1.86. The number of rotatable bonds is 7. The molecule has 12 aromatic rings. The van der Waals surface area contributed by atoms with E-state index < -0.39 is 0 Å². The van der Waals surface area contributed by atoms with Gasteiger partial charge in [0.2, 0.25) is 0 Å². The maximum Gasteiger partial charge on any atom is 0.143 e. The van der Waals surface area contributed by atoms with E-state index in [1.807, 2.05) is 23.5 Å². The second-order valence-corrected chi connectivity index (χ2v) is 16.7. The highest BCUT2D eigenvalue weighted by atomic mass is 32.1. The Balaban J connectivity index is 0.962. The molecule has 3 heteroatoms. The standard InChI is InChI=1S/C58H37NOS/c1-2-12-43-37-44(28-27-38(43)11-1)41-25-23-39(24-26-41)40-29-33-45(34-30-40)59(46-35-31-42(32-36-46)47-16-9-18-51-49-14-4-7-20-54(49)60-58(47)51)53-19-6-3-13-48(53)50-17-10-22-56-57(50)52-15-5-8-21-55(52)61-56/h1-37H. The first-order valence-corrected chi connectivity index (χ1v) is 21.6. The average molecular weight is 796 g/mol. The van der Waals surface area contributed by atoms with Gasteiger partial charge in [-0.15, -0.1) is 11.3 Å². The van der Waals surface area contributed by atoms with Crippen molar-refractivity contribution in [3.05, 3.63) is 224 Å². The van der Waals surface area contributed by atoms with Crippen LogP contribution in [0.4, 0.5) is 17.1 Å². The smallest absolute Gasteiger partial charge is 0.143 e. The minimum Gasteiger partial charge on any atom is -0.455 e. The third-order valence-corrected chi connectivity index (χ3v) is 13.2. The molecule has 0 radical (unpaired) electrons. The van der Waals surface area contributed by atoms with E-state index in [9.17, 15) is 0 Å². The second kappa shape index (κ2) is 14.5. The summed E-state index contributed by atoms with van der Waals surface area (Å²) in [6.07, 6.45) is 0. The van der Waals surface area contributed by atoms with Gasteiger partial charge in [0, 0.05) is 53.4 Å². The third-order valence-electron chi connectivity index (χ3n) is 12.1. The first kappa shape index (κ1) is 35.2. The van der Waals surface area contributed by atoms with E-state index in [1.54, 1.807) is 0 Å². The number of nitrogens with zero attached hydrogens (tertiary/aromatic N) is 1. The van der Waals surface area contributed by atoms with Crippen molar-refractivity contribution in [1.82, 2.24) is 0 Å². The molecule has 12 rings (SSSR count). The molecule has 0 amide bonds. The molecule has 0 saturated carbocycles. The SMILES string of the molecule is c1ccc(N(c2ccc(-c3ccc(-c4ccc5ccccc5c4)cc3)cc2)c2ccc(-c3cccc4c3oc3ccccc34)cc2)c(-c2cccc3sc4ccccc4c23)c1. The number of thiophene rings is 1. The van der Waals surface area contributed by atoms with Crippen molar-refractivity contribution in [2.45, 2.75) is 0 Å². The quantitative estimate of drug-likeness (QED) is 0.160. The third kappa shape index (κ3) is 6.09. The van der Waals surface area contributed by atoms with Crippen molar-refractivity contribution in [2.75, 3.05) is 4.90 Å². The minimum atomic E-state index is 0.905. The molecule has 0 unspecified atom stereocenters. The largest absolute Gasteiger partial charge is 0.455 e. The lowest BCUT2D eigenvalue weighted by molar-refractivity contribution is 0.670. The fourth-order valence-electron chi connectivity index (χ4n) is 9.11. The lowest BCUT2D eigenvalue weighted by Crippen LogP contribution is -2.11. The monoisotopic (exact) mass is 795 g/mol. The molecule has 2 aromatic heterocycles. The average Bonchev–Trinajstić information content (AvgIpc) is 3.91. The Bertz CT molecular complexity index is 3580. The molecule has 10 aromatic carbocycles. The first-order valence-electron chi connectivity index (χ1n) is 20.7.